The molecule has 2 rings (SSSR count). The highest BCUT2D eigenvalue weighted by molar-refractivity contribution is 5.24. The summed E-state index contributed by atoms with van der Waals surface area (Å²) >= 11 is 0. The monoisotopic (exact) mass is 232 g/mol. The lowest BCUT2D eigenvalue weighted by Gasteiger charge is -2.34. The fourth-order valence-corrected chi connectivity index (χ4v) is 2.14. The van der Waals surface area contributed by atoms with Gasteiger partial charge in [0, 0.05) is 6.42 Å². The van der Waals surface area contributed by atoms with Crippen molar-refractivity contribution in [3.8, 4) is 0 Å². The summed E-state index contributed by atoms with van der Waals surface area (Å²) in [4.78, 5) is 0. The number of benzene rings is 1. The van der Waals surface area contributed by atoms with E-state index in [1.165, 1.54) is 12.1 Å². The van der Waals surface area contributed by atoms with Crippen LogP contribution in [-0.2, 0) is 0 Å². The predicted molar refractivity (Wildman–Crippen MR) is 53.4 cm³/mol. The van der Waals surface area contributed by atoms with Crippen LogP contribution in [0.15, 0.2) is 30.3 Å². The number of hydrogen-bond acceptors (Lipinski definition) is 0. The summed E-state index contributed by atoms with van der Waals surface area (Å²) in [6.45, 7) is 0. The van der Waals surface area contributed by atoms with E-state index in [4.69, 9.17) is 0 Å². The van der Waals surface area contributed by atoms with E-state index in [9.17, 15) is 17.6 Å². The van der Waals surface area contributed by atoms with Gasteiger partial charge in [-0.2, -0.15) is 0 Å². The fourth-order valence-electron chi connectivity index (χ4n) is 2.14. The first-order chi connectivity index (χ1) is 7.61. The van der Waals surface area contributed by atoms with Crippen LogP contribution in [0.5, 0.6) is 0 Å². The zero-order valence-electron chi connectivity index (χ0n) is 8.49. The molecular formula is C12H12F4. The zero-order valence-corrected chi connectivity index (χ0v) is 8.49. The molecule has 0 amide bonds. The normalized spacial score (nSPS) is 39.6. The third-order valence-electron chi connectivity index (χ3n) is 3.01. The van der Waals surface area contributed by atoms with E-state index in [2.05, 4.69) is 0 Å². The van der Waals surface area contributed by atoms with Gasteiger partial charge in [-0.3, -0.25) is 0 Å². The first-order valence-electron chi connectivity index (χ1n) is 5.22. The molecule has 5 atom stereocenters. The molecule has 0 nitrogen and oxygen atoms in total. The van der Waals surface area contributed by atoms with Crippen molar-refractivity contribution in [3.05, 3.63) is 35.9 Å². The van der Waals surface area contributed by atoms with Crippen LogP contribution in [0.3, 0.4) is 0 Å². The molecule has 0 saturated heterocycles. The molecule has 1 aromatic carbocycles. The third-order valence-corrected chi connectivity index (χ3v) is 3.01. The van der Waals surface area contributed by atoms with Crippen LogP contribution < -0.4 is 0 Å². The van der Waals surface area contributed by atoms with Crippen LogP contribution in [-0.4, -0.2) is 24.7 Å². The van der Waals surface area contributed by atoms with Gasteiger partial charge in [0.05, 0.1) is 5.92 Å². The summed E-state index contributed by atoms with van der Waals surface area (Å²) in [5, 5.41) is 0. The summed E-state index contributed by atoms with van der Waals surface area (Å²) in [6, 6.07) is 7.88. The van der Waals surface area contributed by atoms with Gasteiger partial charge in [0.1, 0.15) is 24.7 Å². The molecular weight excluding hydrogens is 220 g/mol. The van der Waals surface area contributed by atoms with Crippen molar-refractivity contribution in [2.75, 3.05) is 0 Å². The molecule has 1 aliphatic rings. The van der Waals surface area contributed by atoms with Crippen molar-refractivity contribution in [1.29, 1.82) is 0 Å². The van der Waals surface area contributed by atoms with Gasteiger partial charge in [-0.05, 0) is 5.56 Å². The lowest BCUT2D eigenvalue weighted by molar-refractivity contribution is -0.00570. The Bertz CT molecular complexity index is 326. The van der Waals surface area contributed by atoms with E-state index in [1.807, 2.05) is 0 Å². The first-order valence-corrected chi connectivity index (χ1v) is 5.22. The lowest BCUT2D eigenvalue weighted by atomic mass is 9.79. The van der Waals surface area contributed by atoms with Gasteiger partial charge in [-0.1, -0.05) is 30.3 Å². The summed E-state index contributed by atoms with van der Waals surface area (Å²) < 4.78 is 53.4. The van der Waals surface area contributed by atoms with Crippen molar-refractivity contribution in [1.82, 2.24) is 0 Å². The van der Waals surface area contributed by atoms with Crippen molar-refractivity contribution in [2.24, 2.45) is 0 Å². The number of rotatable bonds is 1. The largest absolute Gasteiger partial charge is 0.244 e. The summed E-state index contributed by atoms with van der Waals surface area (Å²) in [5.41, 5.74) is 0.313. The summed E-state index contributed by atoms with van der Waals surface area (Å²) in [5.74, 6) is -1.33. The maximum absolute atomic E-state index is 13.6. The molecule has 1 aliphatic carbocycles. The number of halogens is 4. The maximum atomic E-state index is 13.6. The second-order valence-electron chi connectivity index (χ2n) is 4.09. The standard InChI is InChI=1S/C12H12F4/c13-8-6-9(14)12(16)10(11(8)15)7-4-2-1-3-5-7/h1-5,8-12H,6H2/t8-,9+,10?,11-,12+. The SMILES string of the molecule is F[C@@H]1C[C@H](F)[C@H](F)C(c2ccccc2)[C@@H]1F. The van der Waals surface area contributed by atoms with E-state index in [0.717, 1.165) is 0 Å². The second kappa shape index (κ2) is 4.44. The summed E-state index contributed by atoms with van der Waals surface area (Å²) in [7, 11) is 0. The van der Waals surface area contributed by atoms with Crippen LogP contribution in [0, 0.1) is 0 Å². The molecule has 0 heterocycles. The predicted octanol–water partition coefficient (Wildman–Crippen LogP) is 3.53. The highest BCUT2D eigenvalue weighted by atomic mass is 19.2. The second-order valence-corrected chi connectivity index (χ2v) is 4.09. The Labute approximate surface area is 91.3 Å². The van der Waals surface area contributed by atoms with Crippen LogP contribution in [0.25, 0.3) is 0 Å². The first kappa shape index (κ1) is 11.4. The van der Waals surface area contributed by atoms with Crippen molar-refractivity contribution < 1.29 is 17.6 Å². The zero-order chi connectivity index (χ0) is 11.7. The smallest absolute Gasteiger partial charge is 0.141 e. The Kier molecular flexibility index (Phi) is 3.17. The molecule has 0 bridgehead atoms. The molecule has 1 unspecified atom stereocenters. The minimum atomic E-state index is -1.97. The molecule has 1 saturated carbocycles. The highest BCUT2D eigenvalue weighted by Gasteiger charge is 2.47. The molecule has 0 aromatic heterocycles. The minimum absolute atomic E-state index is 0.313. The van der Waals surface area contributed by atoms with Crippen LogP contribution >= 0.6 is 0 Å². The fraction of sp³-hybridized carbons (Fsp3) is 0.500. The Morgan fingerprint density at radius 2 is 1.31 bits per heavy atom. The minimum Gasteiger partial charge on any atom is -0.244 e. The molecule has 16 heavy (non-hydrogen) atoms. The molecule has 1 aromatic rings. The Balaban J connectivity index is 2.30. The van der Waals surface area contributed by atoms with Crippen LogP contribution in [0.4, 0.5) is 17.6 Å². The van der Waals surface area contributed by atoms with Gasteiger partial charge in [0.2, 0.25) is 0 Å². The van der Waals surface area contributed by atoms with Crippen LogP contribution in [0.1, 0.15) is 17.9 Å². The summed E-state index contributed by atoms with van der Waals surface area (Å²) in [6.07, 6.45) is -8.47. The Hall–Kier alpha value is -1.06. The Morgan fingerprint density at radius 3 is 1.81 bits per heavy atom. The van der Waals surface area contributed by atoms with E-state index in [1.54, 1.807) is 18.2 Å². The quantitative estimate of drug-likeness (QED) is 0.650. The maximum Gasteiger partial charge on any atom is 0.141 e. The van der Waals surface area contributed by atoms with Gasteiger partial charge in [0.15, 0.2) is 0 Å². The molecule has 4 heteroatoms. The van der Waals surface area contributed by atoms with Crippen molar-refractivity contribution in [3.63, 3.8) is 0 Å². The highest BCUT2D eigenvalue weighted by Crippen LogP contribution is 2.40. The Morgan fingerprint density at radius 1 is 0.812 bits per heavy atom. The van der Waals surface area contributed by atoms with Gasteiger partial charge >= 0.3 is 0 Å². The molecule has 1 fully saturated rings. The topological polar surface area (TPSA) is 0 Å². The van der Waals surface area contributed by atoms with E-state index in [-0.39, 0.29) is 0 Å². The molecule has 0 N–H and O–H groups in total. The van der Waals surface area contributed by atoms with Gasteiger partial charge in [-0.15, -0.1) is 0 Å². The molecule has 88 valence electrons. The van der Waals surface area contributed by atoms with Crippen LogP contribution in [0.2, 0.25) is 0 Å². The average molecular weight is 232 g/mol. The lowest BCUT2D eigenvalue weighted by Crippen LogP contribution is -2.43. The van der Waals surface area contributed by atoms with Gasteiger partial charge < -0.3 is 0 Å². The molecule has 0 spiro atoms. The van der Waals surface area contributed by atoms with Crippen molar-refractivity contribution >= 4 is 0 Å². The van der Waals surface area contributed by atoms with Gasteiger partial charge in [0.25, 0.3) is 0 Å². The van der Waals surface area contributed by atoms with Gasteiger partial charge in [-0.25, -0.2) is 17.6 Å². The number of hydrogen-bond donors (Lipinski definition) is 0. The average Bonchev–Trinajstić information content (AvgIpc) is 2.28. The third kappa shape index (κ3) is 1.93. The number of alkyl halides is 4. The molecule has 0 radical (unpaired) electrons. The van der Waals surface area contributed by atoms with E-state index in [0.29, 0.717) is 5.56 Å². The van der Waals surface area contributed by atoms with E-state index >= 15 is 0 Å². The molecule has 0 aliphatic heterocycles. The van der Waals surface area contributed by atoms with Crippen molar-refractivity contribution in [2.45, 2.75) is 37.0 Å². The van der Waals surface area contributed by atoms with E-state index < -0.39 is 37.0 Å².